The van der Waals surface area contributed by atoms with Gasteiger partial charge in [0.1, 0.15) is 6.61 Å². The molecule has 0 spiro atoms. The maximum atomic E-state index is 12.6. The van der Waals surface area contributed by atoms with Gasteiger partial charge in [0.2, 0.25) is 6.10 Å². The molecule has 3 aliphatic rings. The molecule has 2 atom stereocenters. The van der Waals surface area contributed by atoms with Gasteiger partial charge >= 0.3 is 5.97 Å². The fourth-order valence-electron chi connectivity index (χ4n) is 3.49. The number of sulfone groups is 1. The van der Waals surface area contributed by atoms with Crippen molar-refractivity contribution in [2.75, 3.05) is 24.7 Å². The summed E-state index contributed by atoms with van der Waals surface area (Å²) in [6.45, 7) is -0.412. The SMILES string of the molecule is O=C(OCC(=O)N(C1CC1)[C@H]1CCS(=O)(=O)C1)[C@H]1COc2ccccc2O1. The molecule has 27 heavy (non-hydrogen) atoms. The summed E-state index contributed by atoms with van der Waals surface area (Å²) >= 11 is 0. The van der Waals surface area contributed by atoms with Crippen molar-refractivity contribution in [1.82, 2.24) is 4.90 Å². The highest BCUT2D eigenvalue weighted by Crippen LogP contribution is 2.33. The number of nitrogens with zero attached hydrogens (tertiary/aromatic N) is 1. The topological polar surface area (TPSA) is 99.2 Å². The summed E-state index contributed by atoms with van der Waals surface area (Å²) in [6, 6.07) is 6.72. The molecule has 0 aromatic heterocycles. The van der Waals surface area contributed by atoms with Gasteiger partial charge in [-0.15, -0.1) is 0 Å². The van der Waals surface area contributed by atoms with E-state index in [2.05, 4.69) is 0 Å². The van der Waals surface area contributed by atoms with Crippen LogP contribution in [0.1, 0.15) is 19.3 Å². The van der Waals surface area contributed by atoms with E-state index >= 15 is 0 Å². The van der Waals surface area contributed by atoms with Crippen LogP contribution in [0.4, 0.5) is 0 Å². The molecule has 1 aliphatic carbocycles. The summed E-state index contributed by atoms with van der Waals surface area (Å²) in [6.07, 6.45) is 1.21. The lowest BCUT2D eigenvalue weighted by molar-refractivity contribution is -0.160. The molecule has 2 heterocycles. The Morgan fingerprint density at radius 1 is 1.11 bits per heavy atom. The van der Waals surface area contributed by atoms with E-state index in [4.69, 9.17) is 14.2 Å². The van der Waals surface area contributed by atoms with E-state index in [9.17, 15) is 18.0 Å². The fraction of sp³-hybridized carbons (Fsp3) is 0.556. The van der Waals surface area contributed by atoms with Gasteiger partial charge < -0.3 is 19.1 Å². The highest BCUT2D eigenvalue weighted by molar-refractivity contribution is 7.91. The van der Waals surface area contributed by atoms with Gasteiger partial charge in [0.15, 0.2) is 27.9 Å². The second-order valence-corrected chi connectivity index (χ2v) is 9.29. The molecule has 0 bridgehead atoms. The lowest BCUT2D eigenvalue weighted by Crippen LogP contribution is -2.46. The van der Waals surface area contributed by atoms with Crippen LogP contribution in [0.3, 0.4) is 0 Å². The highest BCUT2D eigenvalue weighted by Gasteiger charge is 2.42. The molecule has 4 rings (SSSR count). The van der Waals surface area contributed by atoms with E-state index in [0.29, 0.717) is 17.9 Å². The first-order chi connectivity index (χ1) is 12.9. The standard InChI is InChI=1S/C18H21NO7S/c20-17(19(12-5-6-12)13-7-8-27(22,23)11-13)10-25-18(21)16-9-24-14-3-1-2-4-15(14)26-16/h1-4,12-13,16H,5-11H2/t13-,16+/m0/s1. The van der Waals surface area contributed by atoms with Gasteiger partial charge in [0.05, 0.1) is 11.5 Å². The second-order valence-electron chi connectivity index (χ2n) is 7.06. The average Bonchev–Trinajstić information content (AvgIpc) is 3.42. The average molecular weight is 395 g/mol. The van der Waals surface area contributed by atoms with Crippen LogP contribution in [0, 0.1) is 0 Å². The third kappa shape index (κ3) is 4.02. The number of esters is 1. The number of benzene rings is 1. The zero-order valence-corrected chi connectivity index (χ0v) is 15.5. The largest absolute Gasteiger partial charge is 0.485 e. The Bertz CT molecular complexity index is 849. The summed E-state index contributed by atoms with van der Waals surface area (Å²) in [5.41, 5.74) is 0. The minimum Gasteiger partial charge on any atom is -0.485 e. The smallest absolute Gasteiger partial charge is 0.351 e. The van der Waals surface area contributed by atoms with Gasteiger partial charge in [-0.05, 0) is 31.4 Å². The molecule has 146 valence electrons. The van der Waals surface area contributed by atoms with Crippen molar-refractivity contribution in [1.29, 1.82) is 0 Å². The molecule has 2 aliphatic heterocycles. The summed E-state index contributed by atoms with van der Waals surface area (Å²) < 4.78 is 39.7. The summed E-state index contributed by atoms with van der Waals surface area (Å²) in [7, 11) is -3.09. The molecule has 0 radical (unpaired) electrons. The van der Waals surface area contributed by atoms with Gasteiger partial charge in [-0.25, -0.2) is 13.2 Å². The van der Waals surface area contributed by atoms with Crippen LogP contribution in [0.15, 0.2) is 24.3 Å². The van der Waals surface area contributed by atoms with E-state index in [1.807, 2.05) is 0 Å². The first-order valence-corrected chi connectivity index (χ1v) is 10.8. The maximum Gasteiger partial charge on any atom is 0.351 e. The Kier molecular flexibility index (Phi) is 4.71. The predicted octanol–water partition coefficient (Wildman–Crippen LogP) is 0.548. The van der Waals surface area contributed by atoms with Crippen LogP contribution in [0.2, 0.25) is 0 Å². The van der Waals surface area contributed by atoms with Crippen LogP contribution in [-0.4, -0.2) is 68.1 Å². The van der Waals surface area contributed by atoms with E-state index in [-0.39, 0.29) is 36.1 Å². The monoisotopic (exact) mass is 395 g/mol. The quantitative estimate of drug-likeness (QED) is 0.671. The number of rotatable bonds is 5. The predicted molar refractivity (Wildman–Crippen MR) is 94.2 cm³/mol. The first-order valence-electron chi connectivity index (χ1n) is 9.00. The zero-order chi connectivity index (χ0) is 19.0. The van der Waals surface area contributed by atoms with Crippen molar-refractivity contribution < 1.29 is 32.2 Å². The molecular formula is C18H21NO7S. The molecular weight excluding hydrogens is 374 g/mol. The van der Waals surface area contributed by atoms with Gasteiger partial charge in [-0.1, -0.05) is 12.1 Å². The van der Waals surface area contributed by atoms with Gasteiger partial charge in [0.25, 0.3) is 5.91 Å². The fourth-order valence-corrected chi connectivity index (χ4v) is 5.20. The van der Waals surface area contributed by atoms with Gasteiger partial charge in [0, 0.05) is 12.1 Å². The van der Waals surface area contributed by atoms with Crippen LogP contribution in [0.5, 0.6) is 11.5 Å². The van der Waals surface area contributed by atoms with Crippen LogP contribution >= 0.6 is 0 Å². The lowest BCUT2D eigenvalue weighted by atomic mass is 10.2. The Labute approximate surface area is 157 Å². The molecule has 0 N–H and O–H groups in total. The van der Waals surface area contributed by atoms with Crippen molar-refractivity contribution in [2.24, 2.45) is 0 Å². The summed E-state index contributed by atoms with van der Waals surface area (Å²) in [4.78, 5) is 26.4. The summed E-state index contributed by atoms with van der Waals surface area (Å²) in [5, 5.41) is 0. The third-order valence-corrected chi connectivity index (χ3v) is 6.69. The van der Waals surface area contributed by atoms with Gasteiger partial charge in [-0.2, -0.15) is 0 Å². The van der Waals surface area contributed by atoms with Crippen molar-refractivity contribution >= 4 is 21.7 Å². The van der Waals surface area contributed by atoms with Crippen LogP contribution < -0.4 is 9.47 Å². The number of ether oxygens (including phenoxy) is 3. The number of hydrogen-bond acceptors (Lipinski definition) is 7. The van der Waals surface area contributed by atoms with Gasteiger partial charge in [-0.3, -0.25) is 4.79 Å². The minimum absolute atomic E-state index is 0.0112. The molecule has 1 saturated heterocycles. The molecule has 1 saturated carbocycles. The first kappa shape index (κ1) is 18.1. The second kappa shape index (κ2) is 7.03. The van der Waals surface area contributed by atoms with E-state index in [1.54, 1.807) is 29.2 Å². The van der Waals surface area contributed by atoms with Crippen molar-refractivity contribution in [3.63, 3.8) is 0 Å². The Morgan fingerprint density at radius 3 is 2.52 bits per heavy atom. The number of para-hydroxylation sites is 2. The molecule has 1 aromatic carbocycles. The molecule has 8 nitrogen and oxygen atoms in total. The van der Waals surface area contributed by atoms with Crippen LogP contribution in [-0.2, 0) is 24.2 Å². The third-order valence-electron chi connectivity index (χ3n) is 4.94. The Morgan fingerprint density at radius 2 is 1.85 bits per heavy atom. The molecule has 1 aromatic rings. The summed E-state index contributed by atoms with van der Waals surface area (Å²) in [5.74, 6) is 0.0608. The van der Waals surface area contributed by atoms with E-state index in [1.165, 1.54) is 0 Å². The molecule has 1 amide bonds. The Balaban J connectivity index is 1.34. The molecule has 9 heteroatoms. The van der Waals surface area contributed by atoms with E-state index in [0.717, 1.165) is 12.8 Å². The minimum atomic E-state index is -3.09. The Hall–Kier alpha value is -2.29. The highest BCUT2D eigenvalue weighted by atomic mass is 32.2. The van der Waals surface area contributed by atoms with Crippen molar-refractivity contribution in [3.05, 3.63) is 24.3 Å². The number of amides is 1. The maximum absolute atomic E-state index is 12.6. The number of carbonyl (C=O) groups excluding carboxylic acids is 2. The molecule has 0 unspecified atom stereocenters. The number of carbonyl (C=O) groups is 2. The number of fused-ring (bicyclic) bond motifs is 1. The van der Waals surface area contributed by atoms with Crippen LogP contribution in [0.25, 0.3) is 0 Å². The molecule has 2 fully saturated rings. The van der Waals surface area contributed by atoms with E-state index < -0.39 is 28.5 Å². The number of hydrogen-bond donors (Lipinski definition) is 0. The van der Waals surface area contributed by atoms with Crippen molar-refractivity contribution in [3.8, 4) is 11.5 Å². The van der Waals surface area contributed by atoms with Crippen molar-refractivity contribution in [2.45, 2.75) is 37.5 Å². The zero-order valence-electron chi connectivity index (χ0n) is 14.7. The normalized spacial score (nSPS) is 25.6. The lowest BCUT2D eigenvalue weighted by Gasteiger charge is -2.29.